The Hall–Kier alpha value is -1.09. The minimum absolute atomic E-state index is 0.0216. The zero-order valence-electron chi connectivity index (χ0n) is 12.6. The lowest BCUT2D eigenvalue weighted by molar-refractivity contribution is 0.310. The molecule has 0 unspecified atom stereocenters. The van der Waals surface area contributed by atoms with Crippen LogP contribution in [0.4, 0.5) is 0 Å². The van der Waals surface area contributed by atoms with Gasteiger partial charge >= 0.3 is 0 Å². The van der Waals surface area contributed by atoms with Crippen LogP contribution in [0.2, 0.25) is 0 Å². The van der Waals surface area contributed by atoms with Gasteiger partial charge in [-0.1, -0.05) is 12.1 Å². The van der Waals surface area contributed by atoms with Crippen molar-refractivity contribution in [2.24, 2.45) is 0 Å². The second kappa shape index (κ2) is 6.57. The molecule has 22 heavy (non-hydrogen) atoms. The first-order valence-corrected chi connectivity index (χ1v) is 9.77. The molecule has 6 nitrogen and oxygen atoms in total. The van der Waals surface area contributed by atoms with E-state index in [9.17, 15) is 8.42 Å². The Kier molecular flexibility index (Phi) is 4.72. The van der Waals surface area contributed by atoms with E-state index in [4.69, 9.17) is 0 Å². The normalized spacial score (nSPS) is 16.8. The van der Waals surface area contributed by atoms with E-state index in [1.165, 1.54) is 17.1 Å². The molecule has 0 spiro atoms. The van der Waals surface area contributed by atoms with Crippen LogP contribution in [0.1, 0.15) is 18.4 Å². The van der Waals surface area contributed by atoms with Crippen molar-refractivity contribution in [2.75, 3.05) is 33.2 Å². The van der Waals surface area contributed by atoms with Crippen LogP contribution in [0.25, 0.3) is 11.0 Å². The zero-order valence-corrected chi connectivity index (χ0v) is 14.2. The van der Waals surface area contributed by atoms with Crippen LogP contribution in [-0.2, 0) is 15.8 Å². The largest absolute Gasteiger partial charge is 0.302 e. The van der Waals surface area contributed by atoms with Crippen molar-refractivity contribution in [2.45, 2.75) is 18.6 Å². The Morgan fingerprint density at radius 2 is 2.05 bits per heavy atom. The van der Waals surface area contributed by atoms with Gasteiger partial charge in [0.25, 0.3) is 0 Å². The summed E-state index contributed by atoms with van der Waals surface area (Å²) < 4.78 is 34.9. The van der Waals surface area contributed by atoms with E-state index in [1.807, 2.05) is 18.2 Å². The third-order valence-corrected chi connectivity index (χ3v) is 6.46. The van der Waals surface area contributed by atoms with Gasteiger partial charge in [0.2, 0.25) is 10.0 Å². The average molecular weight is 340 g/mol. The lowest BCUT2D eigenvalue weighted by Crippen LogP contribution is -2.35. The standard InChI is InChI=1S/C14H20N4O2S2/c1-17(9-10-18-7-2-3-8-18)22(19,20)11-12-5-4-6-13-14(12)16-21-15-13/h4-6H,2-3,7-11H2,1H3. The van der Waals surface area contributed by atoms with Crippen molar-refractivity contribution >= 4 is 32.8 Å². The van der Waals surface area contributed by atoms with Gasteiger partial charge < -0.3 is 4.90 Å². The molecule has 0 atom stereocenters. The van der Waals surface area contributed by atoms with Gasteiger partial charge in [0.15, 0.2) is 0 Å². The Bertz CT molecular complexity index is 738. The molecular weight excluding hydrogens is 320 g/mol. The Labute approximate surface area is 135 Å². The lowest BCUT2D eigenvalue weighted by atomic mass is 10.2. The van der Waals surface area contributed by atoms with Crippen LogP contribution in [0.5, 0.6) is 0 Å². The number of benzene rings is 1. The summed E-state index contributed by atoms with van der Waals surface area (Å²) in [6.07, 6.45) is 2.44. The number of hydrogen-bond acceptors (Lipinski definition) is 6. The van der Waals surface area contributed by atoms with Gasteiger partial charge in [0.05, 0.1) is 17.5 Å². The molecule has 1 aliphatic heterocycles. The van der Waals surface area contributed by atoms with Gasteiger partial charge in [-0.2, -0.15) is 8.75 Å². The molecule has 1 saturated heterocycles. The summed E-state index contributed by atoms with van der Waals surface area (Å²) in [6.45, 7) is 3.50. The summed E-state index contributed by atoms with van der Waals surface area (Å²) in [6, 6.07) is 5.50. The first-order valence-electron chi connectivity index (χ1n) is 7.43. The molecule has 0 N–H and O–H groups in total. The van der Waals surface area contributed by atoms with E-state index in [0.717, 1.165) is 42.4 Å². The molecule has 2 heterocycles. The minimum atomic E-state index is -3.33. The molecule has 2 aromatic rings. The average Bonchev–Trinajstić information content (AvgIpc) is 3.16. The van der Waals surface area contributed by atoms with Crippen LogP contribution in [0, 0.1) is 0 Å². The van der Waals surface area contributed by atoms with Crippen LogP contribution in [0.3, 0.4) is 0 Å². The fourth-order valence-corrected chi connectivity index (χ4v) is 4.49. The summed E-state index contributed by atoms with van der Waals surface area (Å²) in [5.41, 5.74) is 2.18. The predicted molar refractivity (Wildman–Crippen MR) is 88.3 cm³/mol. The van der Waals surface area contributed by atoms with Crippen molar-refractivity contribution in [3.8, 4) is 0 Å². The SMILES string of the molecule is CN(CCN1CCCC1)S(=O)(=O)Cc1cccc2nsnc12. The quantitative estimate of drug-likeness (QED) is 0.798. The highest BCUT2D eigenvalue weighted by molar-refractivity contribution is 7.88. The van der Waals surface area contributed by atoms with Crippen molar-refractivity contribution in [1.82, 2.24) is 18.0 Å². The molecule has 3 rings (SSSR count). The molecule has 120 valence electrons. The number of likely N-dealkylation sites (N-methyl/N-ethyl adjacent to an activating group) is 1. The van der Waals surface area contributed by atoms with E-state index < -0.39 is 10.0 Å². The van der Waals surface area contributed by atoms with Crippen LogP contribution in [0.15, 0.2) is 18.2 Å². The third kappa shape index (κ3) is 3.45. The molecular formula is C14H20N4O2S2. The topological polar surface area (TPSA) is 66.4 Å². The number of fused-ring (bicyclic) bond motifs is 1. The first-order chi connectivity index (χ1) is 10.6. The lowest BCUT2D eigenvalue weighted by Gasteiger charge is -2.21. The van der Waals surface area contributed by atoms with Crippen molar-refractivity contribution in [3.63, 3.8) is 0 Å². The fraction of sp³-hybridized carbons (Fsp3) is 0.571. The van der Waals surface area contributed by atoms with E-state index in [-0.39, 0.29) is 5.75 Å². The molecule has 1 fully saturated rings. The molecule has 1 aromatic carbocycles. The number of hydrogen-bond donors (Lipinski definition) is 0. The second-order valence-electron chi connectivity index (χ2n) is 5.68. The van der Waals surface area contributed by atoms with Crippen molar-refractivity contribution in [1.29, 1.82) is 0 Å². The van der Waals surface area contributed by atoms with Crippen LogP contribution >= 0.6 is 11.7 Å². The molecule has 0 amide bonds. The van der Waals surface area contributed by atoms with E-state index in [2.05, 4.69) is 13.6 Å². The maximum atomic E-state index is 12.5. The first kappa shape index (κ1) is 15.8. The van der Waals surface area contributed by atoms with E-state index in [0.29, 0.717) is 12.1 Å². The highest BCUT2D eigenvalue weighted by Gasteiger charge is 2.22. The second-order valence-corrected chi connectivity index (χ2v) is 8.28. The van der Waals surface area contributed by atoms with Crippen LogP contribution in [-0.4, -0.2) is 59.6 Å². The number of nitrogens with zero attached hydrogens (tertiary/aromatic N) is 4. The highest BCUT2D eigenvalue weighted by atomic mass is 32.2. The number of rotatable bonds is 6. The third-order valence-electron chi connectivity index (χ3n) is 4.11. The van der Waals surface area contributed by atoms with Crippen molar-refractivity contribution < 1.29 is 8.42 Å². The van der Waals surface area contributed by atoms with Gasteiger partial charge in [-0.3, -0.25) is 0 Å². The zero-order chi connectivity index (χ0) is 15.6. The number of sulfonamides is 1. The maximum Gasteiger partial charge on any atom is 0.218 e. The van der Waals surface area contributed by atoms with Gasteiger partial charge in [-0.25, -0.2) is 12.7 Å². The predicted octanol–water partition coefficient (Wildman–Crippen LogP) is 1.55. The monoisotopic (exact) mass is 340 g/mol. The molecule has 0 saturated carbocycles. The van der Waals surface area contributed by atoms with Gasteiger partial charge in [-0.05, 0) is 37.6 Å². The molecule has 0 aliphatic carbocycles. The number of likely N-dealkylation sites (tertiary alicyclic amines) is 1. The summed E-state index contributed by atoms with van der Waals surface area (Å²) in [7, 11) is -1.67. The molecule has 8 heteroatoms. The van der Waals surface area contributed by atoms with Gasteiger partial charge in [0.1, 0.15) is 11.0 Å². The smallest absolute Gasteiger partial charge is 0.218 e. The molecule has 1 aromatic heterocycles. The van der Waals surface area contributed by atoms with E-state index >= 15 is 0 Å². The minimum Gasteiger partial charge on any atom is -0.302 e. The van der Waals surface area contributed by atoms with Crippen LogP contribution < -0.4 is 0 Å². The van der Waals surface area contributed by atoms with Gasteiger partial charge in [-0.15, -0.1) is 0 Å². The molecule has 0 radical (unpaired) electrons. The summed E-state index contributed by atoms with van der Waals surface area (Å²) in [4.78, 5) is 2.32. The van der Waals surface area contributed by atoms with Crippen molar-refractivity contribution in [3.05, 3.63) is 23.8 Å². The maximum absolute atomic E-state index is 12.5. The molecule has 1 aliphatic rings. The Balaban J connectivity index is 1.68. The van der Waals surface area contributed by atoms with Gasteiger partial charge in [0, 0.05) is 20.1 Å². The van der Waals surface area contributed by atoms with E-state index in [1.54, 1.807) is 7.05 Å². The summed E-state index contributed by atoms with van der Waals surface area (Å²) in [5, 5.41) is 0. The Morgan fingerprint density at radius 1 is 1.27 bits per heavy atom. The highest BCUT2D eigenvalue weighted by Crippen LogP contribution is 2.20. The summed E-state index contributed by atoms with van der Waals surface area (Å²) >= 11 is 1.11. The fourth-order valence-electron chi connectivity index (χ4n) is 2.71. The number of aromatic nitrogens is 2. The Morgan fingerprint density at radius 3 is 2.82 bits per heavy atom. The summed E-state index contributed by atoms with van der Waals surface area (Å²) in [5.74, 6) is -0.0216. The molecule has 0 bridgehead atoms.